The van der Waals surface area contributed by atoms with Gasteiger partial charge in [0.2, 0.25) is 0 Å². The van der Waals surface area contributed by atoms with E-state index in [2.05, 4.69) is 15.5 Å². The van der Waals surface area contributed by atoms with Gasteiger partial charge in [-0.2, -0.15) is 0 Å². The SMILES string of the molecule is CC.CC.Cc1nnnn1C. The van der Waals surface area contributed by atoms with Gasteiger partial charge in [-0.3, -0.25) is 0 Å². The van der Waals surface area contributed by atoms with E-state index in [0.717, 1.165) is 5.82 Å². The fourth-order valence-corrected chi connectivity index (χ4v) is 0.274. The van der Waals surface area contributed by atoms with Gasteiger partial charge in [-0.25, -0.2) is 4.68 Å². The highest BCUT2D eigenvalue weighted by molar-refractivity contribution is 4.69. The molecule has 0 aliphatic heterocycles. The number of nitrogens with zero attached hydrogens (tertiary/aromatic N) is 4. The third kappa shape index (κ3) is 5.51. The Labute approximate surface area is 68.6 Å². The van der Waals surface area contributed by atoms with Crippen molar-refractivity contribution in [1.82, 2.24) is 20.2 Å². The van der Waals surface area contributed by atoms with Crippen LogP contribution in [0.5, 0.6) is 0 Å². The van der Waals surface area contributed by atoms with Crippen molar-refractivity contribution in [2.45, 2.75) is 34.6 Å². The van der Waals surface area contributed by atoms with Gasteiger partial charge >= 0.3 is 0 Å². The van der Waals surface area contributed by atoms with E-state index in [0.29, 0.717) is 0 Å². The molecule has 1 heterocycles. The van der Waals surface area contributed by atoms with Crippen molar-refractivity contribution in [3.8, 4) is 0 Å². The molecule has 0 aliphatic carbocycles. The van der Waals surface area contributed by atoms with Crippen molar-refractivity contribution in [3.63, 3.8) is 0 Å². The third-order valence-electron chi connectivity index (χ3n) is 0.832. The molecule has 0 N–H and O–H groups in total. The largest absolute Gasteiger partial charge is 0.233 e. The molecular formula is C7H18N4. The van der Waals surface area contributed by atoms with Crippen LogP contribution >= 0.6 is 0 Å². The highest BCUT2D eigenvalue weighted by atomic mass is 15.5. The number of aryl methyl sites for hydroxylation is 2. The minimum absolute atomic E-state index is 0.833. The first-order valence-electron chi connectivity index (χ1n) is 3.99. The van der Waals surface area contributed by atoms with Crippen LogP contribution in [-0.4, -0.2) is 20.2 Å². The summed E-state index contributed by atoms with van der Waals surface area (Å²) in [5.74, 6) is 0.833. The van der Waals surface area contributed by atoms with E-state index in [4.69, 9.17) is 0 Å². The molecule has 0 unspecified atom stereocenters. The summed E-state index contributed by atoms with van der Waals surface area (Å²) in [5.41, 5.74) is 0. The minimum Gasteiger partial charge on any atom is -0.233 e. The number of rotatable bonds is 0. The molecule has 4 heteroatoms. The maximum Gasteiger partial charge on any atom is 0.147 e. The highest BCUT2D eigenvalue weighted by Crippen LogP contribution is 1.78. The smallest absolute Gasteiger partial charge is 0.147 e. The third-order valence-corrected chi connectivity index (χ3v) is 0.832. The summed E-state index contributed by atoms with van der Waals surface area (Å²) in [6, 6.07) is 0. The first kappa shape index (κ1) is 12.7. The Bertz CT molecular complexity index is 143. The van der Waals surface area contributed by atoms with Gasteiger partial charge in [0.1, 0.15) is 5.82 Å². The van der Waals surface area contributed by atoms with E-state index in [1.165, 1.54) is 0 Å². The van der Waals surface area contributed by atoms with Gasteiger partial charge in [0.25, 0.3) is 0 Å². The number of hydrogen-bond donors (Lipinski definition) is 0. The summed E-state index contributed by atoms with van der Waals surface area (Å²) >= 11 is 0. The number of hydrogen-bond acceptors (Lipinski definition) is 3. The quantitative estimate of drug-likeness (QED) is 0.575. The summed E-state index contributed by atoms with van der Waals surface area (Å²) in [5, 5.41) is 10.6. The molecule has 4 nitrogen and oxygen atoms in total. The van der Waals surface area contributed by atoms with Crippen LogP contribution in [0, 0.1) is 6.92 Å². The molecule has 0 bridgehead atoms. The first-order chi connectivity index (χ1) is 5.30. The molecule has 1 aromatic heterocycles. The van der Waals surface area contributed by atoms with Crippen molar-refractivity contribution in [3.05, 3.63) is 5.82 Å². The van der Waals surface area contributed by atoms with Crippen molar-refractivity contribution < 1.29 is 0 Å². The second-order valence-corrected chi connectivity index (χ2v) is 1.35. The average Bonchev–Trinajstić information content (AvgIpc) is 2.44. The topological polar surface area (TPSA) is 43.6 Å². The van der Waals surface area contributed by atoms with Gasteiger partial charge in [0, 0.05) is 7.05 Å². The summed E-state index contributed by atoms with van der Waals surface area (Å²) in [6.07, 6.45) is 0. The Balaban J connectivity index is 0. The second-order valence-electron chi connectivity index (χ2n) is 1.35. The predicted molar refractivity (Wildman–Crippen MR) is 46.2 cm³/mol. The lowest BCUT2D eigenvalue weighted by Crippen LogP contribution is -1.92. The van der Waals surface area contributed by atoms with Crippen LogP contribution in [0.25, 0.3) is 0 Å². The van der Waals surface area contributed by atoms with E-state index in [9.17, 15) is 0 Å². The summed E-state index contributed by atoms with van der Waals surface area (Å²) in [6.45, 7) is 9.85. The molecule has 0 aromatic carbocycles. The van der Waals surface area contributed by atoms with Crippen molar-refractivity contribution in [2.24, 2.45) is 7.05 Å². The molecule has 0 spiro atoms. The van der Waals surface area contributed by atoms with Crippen molar-refractivity contribution >= 4 is 0 Å². The van der Waals surface area contributed by atoms with Gasteiger partial charge in [0.15, 0.2) is 0 Å². The van der Waals surface area contributed by atoms with E-state index >= 15 is 0 Å². The molecule has 0 saturated heterocycles. The molecular weight excluding hydrogens is 140 g/mol. The van der Waals surface area contributed by atoms with Crippen LogP contribution in [0.1, 0.15) is 33.5 Å². The monoisotopic (exact) mass is 158 g/mol. The highest BCUT2D eigenvalue weighted by Gasteiger charge is 1.87. The molecule has 0 atom stereocenters. The zero-order valence-corrected chi connectivity index (χ0v) is 8.29. The second kappa shape index (κ2) is 9.07. The fourth-order valence-electron chi connectivity index (χ4n) is 0.274. The van der Waals surface area contributed by atoms with Gasteiger partial charge in [0.05, 0.1) is 0 Å². The Morgan fingerprint density at radius 2 is 1.55 bits per heavy atom. The van der Waals surface area contributed by atoms with Gasteiger partial charge in [-0.05, 0) is 17.4 Å². The first-order valence-corrected chi connectivity index (χ1v) is 3.99. The molecule has 0 saturated carbocycles. The summed E-state index contributed by atoms with van der Waals surface area (Å²) in [4.78, 5) is 0. The van der Waals surface area contributed by atoms with Crippen LogP contribution in [0.4, 0.5) is 0 Å². The Morgan fingerprint density at radius 1 is 1.09 bits per heavy atom. The Kier molecular flexibility index (Phi) is 10.5. The lowest BCUT2D eigenvalue weighted by molar-refractivity contribution is 0.695. The van der Waals surface area contributed by atoms with E-state index in [1.54, 1.807) is 11.7 Å². The number of aromatic nitrogens is 4. The lowest BCUT2D eigenvalue weighted by atomic mass is 10.7. The standard InChI is InChI=1S/C3H6N4.2C2H6/c1-3-4-5-6-7(3)2;2*1-2/h1-2H3;2*1-2H3. The lowest BCUT2D eigenvalue weighted by Gasteiger charge is -1.81. The van der Waals surface area contributed by atoms with Gasteiger partial charge < -0.3 is 0 Å². The minimum atomic E-state index is 0.833. The van der Waals surface area contributed by atoms with E-state index in [-0.39, 0.29) is 0 Å². The Morgan fingerprint density at radius 3 is 1.64 bits per heavy atom. The van der Waals surface area contributed by atoms with Crippen molar-refractivity contribution in [2.75, 3.05) is 0 Å². The zero-order chi connectivity index (χ0) is 9.28. The molecule has 1 aromatic rings. The summed E-state index contributed by atoms with van der Waals surface area (Å²) in [7, 11) is 1.80. The molecule has 0 radical (unpaired) electrons. The van der Waals surface area contributed by atoms with Crippen LogP contribution in [0.3, 0.4) is 0 Å². The molecule has 11 heavy (non-hydrogen) atoms. The molecule has 0 fully saturated rings. The average molecular weight is 158 g/mol. The van der Waals surface area contributed by atoms with Gasteiger partial charge in [-0.15, -0.1) is 5.10 Å². The van der Waals surface area contributed by atoms with Crippen molar-refractivity contribution in [1.29, 1.82) is 0 Å². The van der Waals surface area contributed by atoms with Crippen LogP contribution in [-0.2, 0) is 7.05 Å². The molecule has 66 valence electrons. The fraction of sp³-hybridized carbons (Fsp3) is 0.857. The number of tetrazole rings is 1. The van der Waals surface area contributed by atoms with E-state index < -0.39 is 0 Å². The molecule has 1 rings (SSSR count). The normalized spacial score (nSPS) is 7.09. The maximum absolute atomic E-state index is 3.62. The zero-order valence-electron chi connectivity index (χ0n) is 8.29. The Hall–Kier alpha value is -0.930. The maximum atomic E-state index is 3.62. The van der Waals surface area contributed by atoms with Crippen LogP contribution in [0.2, 0.25) is 0 Å². The van der Waals surface area contributed by atoms with Crippen LogP contribution < -0.4 is 0 Å². The summed E-state index contributed by atoms with van der Waals surface area (Å²) < 4.78 is 1.61. The van der Waals surface area contributed by atoms with Crippen LogP contribution in [0.15, 0.2) is 0 Å². The van der Waals surface area contributed by atoms with E-state index in [1.807, 2.05) is 34.6 Å². The molecule has 0 aliphatic rings. The molecule has 0 amide bonds. The van der Waals surface area contributed by atoms with Gasteiger partial charge in [-0.1, -0.05) is 27.7 Å². The predicted octanol–water partition coefficient (Wildman–Crippen LogP) is 1.57.